The van der Waals surface area contributed by atoms with Crippen molar-refractivity contribution >= 4 is 23.5 Å². The number of nitrogens with one attached hydrogen (secondary N) is 1. The van der Waals surface area contributed by atoms with Crippen LogP contribution in [0, 0.1) is 0 Å². The van der Waals surface area contributed by atoms with Crippen LogP contribution in [0.25, 0.3) is 0 Å². The van der Waals surface area contributed by atoms with Gasteiger partial charge in [-0.05, 0) is 42.7 Å². The number of amides is 1. The molecule has 6 nitrogen and oxygen atoms in total. The molecule has 0 atom stereocenters. The Morgan fingerprint density at radius 2 is 1.61 bits per heavy atom. The molecule has 1 aliphatic rings. The third kappa shape index (κ3) is 4.22. The summed E-state index contributed by atoms with van der Waals surface area (Å²) in [5.74, 6) is -1.23. The van der Waals surface area contributed by atoms with E-state index in [2.05, 4.69) is 10.1 Å². The summed E-state index contributed by atoms with van der Waals surface area (Å²) >= 11 is 0. The number of esters is 2. The smallest absolute Gasteiger partial charge is 0.337 e. The number of methoxy groups -OCH3 is 1. The quantitative estimate of drug-likeness (QED) is 0.775. The Bertz CT molecular complexity index is 839. The van der Waals surface area contributed by atoms with Gasteiger partial charge in [-0.3, -0.25) is 9.59 Å². The molecule has 3 rings (SSSR count). The minimum Gasteiger partial charge on any atom is -0.465 e. The molecule has 2 aromatic carbocycles. The van der Waals surface area contributed by atoms with Crippen LogP contribution in [-0.2, 0) is 24.5 Å². The number of hydrogen-bond donors (Lipinski definition) is 1. The first-order valence-corrected chi connectivity index (χ1v) is 9.26. The third-order valence-electron chi connectivity index (χ3n) is 5.10. The van der Waals surface area contributed by atoms with Crippen molar-refractivity contribution in [3.05, 3.63) is 65.7 Å². The molecule has 0 bridgehead atoms. The molecule has 0 saturated heterocycles. The zero-order chi connectivity index (χ0) is 20.0. The molecule has 28 heavy (non-hydrogen) atoms. The molecule has 1 saturated carbocycles. The van der Waals surface area contributed by atoms with Crippen LogP contribution in [0.15, 0.2) is 54.6 Å². The zero-order valence-corrected chi connectivity index (χ0v) is 15.8. The molecule has 0 unspecified atom stereocenters. The number of benzene rings is 2. The molecule has 146 valence electrons. The number of ether oxygens (including phenoxy) is 2. The lowest BCUT2D eigenvalue weighted by Gasteiger charge is -2.27. The maximum Gasteiger partial charge on any atom is 0.337 e. The van der Waals surface area contributed by atoms with Gasteiger partial charge >= 0.3 is 11.9 Å². The van der Waals surface area contributed by atoms with Gasteiger partial charge in [-0.15, -0.1) is 0 Å². The second kappa shape index (κ2) is 8.69. The first kappa shape index (κ1) is 19.6. The maximum absolute atomic E-state index is 12.8. The fourth-order valence-electron chi connectivity index (χ4n) is 3.62. The fraction of sp³-hybridized carbons (Fsp3) is 0.318. The van der Waals surface area contributed by atoms with Crippen molar-refractivity contribution in [1.29, 1.82) is 0 Å². The van der Waals surface area contributed by atoms with Crippen LogP contribution in [0.4, 0.5) is 5.69 Å². The zero-order valence-electron chi connectivity index (χ0n) is 15.8. The van der Waals surface area contributed by atoms with Crippen LogP contribution < -0.4 is 5.32 Å². The Morgan fingerprint density at radius 1 is 0.964 bits per heavy atom. The van der Waals surface area contributed by atoms with E-state index in [0.717, 1.165) is 31.2 Å². The van der Waals surface area contributed by atoms with Crippen LogP contribution in [0.5, 0.6) is 0 Å². The summed E-state index contributed by atoms with van der Waals surface area (Å²) in [6, 6.07) is 15.9. The largest absolute Gasteiger partial charge is 0.465 e. The molecular weight excluding hydrogens is 358 g/mol. The molecule has 2 aromatic rings. The van der Waals surface area contributed by atoms with Crippen molar-refractivity contribution in [2.75, 3.05) is 19.0 Å². The molecule has 1 N–H and O–H groups in total. The van der Waals surface area contributed by atoms with Crippen molar-refractivity contribution in [2.45, 2.75) is 31.1 Å². The lowest BCUT2D eigenvalue weighted by molar-refractivity contribution is -0.153. The second-order valence-corrected chi connectivity index (χ2v) is 6.85. The topological polar surface area (TPSA) is 81.7 Å². The van der Waals surface area contributed by atoms with Crippen LogP contribution >= 0.6 is 0 Å². The summed E-state index contributed by atoms with van der Waals surface area (Å²) in [4.78, 5) is 36.4. The van der Waals surface area contributed by atoms with E-state index >= 15 is 0 Å². The van der Waals surface area contributed by atoms with E-state index in [1.807, 2.05) is 30.3 Å². The Morgan fingerprint density at radius 3 is 2.21 bits per heavy atom. The summed E-state index contributed by atoms with van der Waals surface area (Å²) in [6.45, 7) is -0.355. The summed E-state index contributed by atoms with van der Waals surface area (Å²) in [7, 11) is 1.30. The van der Waals surface area contributed by atoms with Gasteiger partial charge in [-0.1, -0.05) is 43.2 Å². The van der Waals surface area contributed by atoms with E-state index in [1.54, 1.807) is 24.3 Å². The van der Waals surface area contributed by atoms with E-state index in [-0.39, 0.29) is 12.6 Å². The Kier molecular flexibility index (Phi) is 6.09. The van der Waals surface area contributed by atoms with Crippen molar-refractivity contribution < 1.29 is 23.9 Å². The first-order valence-electron chi connectivity index (χ1n) is 9.26. The molecular formula is C22H23NO5. The van der Waals surface area contributed by atoms with Gasteiger partial charge < -0.3 is 14.8 Å². The lowest BCUT2D eigenvalue weighted by Crippen LogP contribution is -2.36. The monoisotopic (exact) mass is 381 g/mol. The van der Waals surface area contributed by atoms with Crippen LogP contribution in [0.3, 0.4) is 0 Å². The Balaban J connectivity index is 1.59. The predicted octanol–water partition coefficient (Wildman–Crippen LogP) is 3.47. The van der Waals surface area contributed by atoms with Gasteiger partial charge in [0.2, 0.25) is 0 Å². The van der Waals surface area contributed by atoms with E-state index in [9.17, 15) is 14.4 Å². The van der Waals surface area contributed by atoms with Gasteiger partial charge in [0.05, 0.1) is 18.1 Å². The number of carbonyl (C=O) groups excluding carboxylic acids is 3. The molecule has 1 amide bonds. The molecule has 0 spiro atoms. The van der Waals surface area contributed by atoms with Gasteiger partial charge in [0, 0.05) is 5.69 Å². The SMILES string of the molecule is COC(=O)c1ccc(NC(=O)COC(=O)C2(c3ccccc3)CCCC2)cc1. The van der Waals surface area contributed by atoms with Crippen molar-refractivity contribution in [3.8, 4) is 0 Å². The highest BCUT2D eigenvalue weighted by Crippen LogP contribution is 2.42. The Hall–Kier alpha value is -3.15. The highest BCUT2D eigenvalue weighted by Gasteiger charge is 2.44. The number of anilines is 1. The molecule has 0 aromatic heterocycles. The lowest BCUT2D eigenvalue weighted by atomic mass is 9.79. The minimum absolute atomic E-state index is 0.354. The van der Waals surface area contributed by atoms with Crippen LogP contribution in [0.1, 0.15) is 41.6 Å². The second-order valence-electron chi connectivity index (χ2n) is 6.85. The summed E-state index contributed by atoms with van der Waals surface area (Å²) < 4.78 is 10.0. The van der Waals surface area contributed by atoms with Gasteiger partial charge in [0.25, 0.3) is 5.91 Å². The van der Waals surface area contributed by atoms with Crippen molar-refractivity contribution in [1.82, 2.24) is 0 Å². The molecule has 0 heterocycles. The van der Waals surface area contributed by atoms with Gasteiger partial charge in [-0.25, -0.2) is 4.79 Å². The van der Waals surface area contributed by atoms with Gasteiger partial charge in [0.1, 0.15) is 0 Å². The summed E-state index contributed by atoms with van der Waals surface area (Å²) in [5.41, 5.74) is 1.17. The number of hydrogen-bond acceptors (Lipinski definition) is 5. The molecule has 1 aliphatic carbocycles. The standard InChI is InChI=1S/C22H23NO5/c1-27-20(25)16-9-11-18(12-10-16)23-19(24)15-28-21(26)22(13-5-6-14-22)17-7-3-2-4-8-17/h2-4,7-12H,5-6,13-15H2,1H3,(H,23,24). The first-order chi connectivity index (χ1) is 13.5. The highest BCUT2D eigenvalue weighted by molar-refractivity contribution is 5.95. The van der Waals surface area contributed by atoms with E-state index in [4.69, 9.17) is 4.74 Å². The van der Waals surface area contributed by atoms with Crippen LogP contribution in [0.2, 0.25) is 0 Å². The normalized spacial score (nSPS) is 14.9. The van der Waals surface area contributed by atoms with E-state index in [0.29, 0.717) is 11.3 Å². The predicted molar refractivity (Wildman–Crippen MR) is 104 cm³/mol. The molecule has 0 aliphatic heterocycles. The fourth-order valence-corrected chi connectivity index (χ4v) is 3.62. The van der Waals surface area contributed by atoms with E-state index < -0.39 is 17.3 Å². The summed E-state index contributed by atoms with van der Waals surface area (Å²) in [5, 5.41) is 2.66. The third-order valence-corrected chi connectivity index (χ3v) is 5.10. The maximum atomic E-state index is 12.8. The van der Waals surface area contributed by atoms with Crippen LogP contribution in [-0.4, -0.2) is 31.6 Å². The highest BCUT2D eigenvalue weighted by atomic mass is 16.5. The average molecular weight is 381 g/mol. The summed E-state index contributed by atoms with van der Waals surface area (Å²) in [6.07, 6.45) is 3.38. The van der Waals surface area contributed by atoms with Gasteiger partial charge in [-0.2, -0.15) is 0 Å². The van der Waals surface area contributed by atoms with E-state index in [1.165, 1.54) is 7.11 Å². The van der Waals surface area contributed by atoms with Gasteiger partial charge in [0.15, 0.2) is 6.61 Å². The number of carbonyl (C=O) groups is 3. The average Bonchev–Trinajstić information content (AvgIpc) is 3.24. The Labute approximate surface area is 163 Å². The van der Waals surface area contributed by atoms with Crippen molar-refractivity contribution in [2.24, 2.45) is 0 Å². The minimum atomic E-state index is -0.663. The number of rotatable bonds is 6. The molecule has 1 fully saturated rings. The van der Waals surface area contributed by atoms with Crippen molar-refractivity contribution in [3.63, 3.8) is 0 Å². The molecule has 6 heteroatoms. The molecule has 0 radical (unpaired) electrons.